The van der Waals surface area contributed by atoms with Gasteiger partial charge in [0.1, 0.15) is 12.8 Å². The number of benzene rings is 1. The summed E-state index contributed by atoms with van der Waals surface area (Å²) in [5.74, 6) is 1.17. The molecule has 0 N–H and O–H groups in total. The van der Waals surface area contributed by atoms with Gasteiger partial charge in [0.05, 0.1) is 7.11 Å². The van der Waals surface area contributed by atoms with Gasteiger partial charge < -0.3 is 9.47 Å². The van der Waals surface area contributed by atoms with E-state index in [1.54, 1.807) is 7.11 Å². The van der Waals surface area contributed by atoms with E-state index in [-0.39, 0.29) is 30.3 Å². The van der Waals surface area contributed by atoms with Crippen LogP contribution < -0.4 is 0 Å². The highest BCUT2D eigenvalue weighted by atomic mass is 16.6. The Morgan fingerprint density at radius 2 is 1.92 bits per heavy atom. The third kappa shape index (κ3) is 5.23. The Labute approximate surface area is 157 Å². The molecule has 1 heterocycles. The molecular weight excluding hydrogens is 328 g/mol. The molecule has 0 spiro atoms. The predicted octanol–water partition coefficient (Wildman–Crippen LogP) is 4.86. The lowest BCUT2D eigenvalue weighted by Crippen LogP contribution is -2.55. The monoisotopic (exact) mass is 360 g/mol. The molecule has 0 saturated carbocycles. The SMILES string of the molecule is COC1=N[C@H](C(C)(C)C)N(C(=O)OCc2ccccc2)[C@@H](CC(C)C)C1. The first-order valence-electron chi connectivity index (χ1n) is 9.32. The van der Waals surface area contributed by atoms with Crippen LogP contribution in [0.3, 0.4) is 0 Å². The van der Waals surface area contributed by atoms with Crippen LogP contribution in [0.4, 0.5) is 4.79 Å². The van der Waals surface area contributed by atoms with Crippen LogP contribution in [-0.2, 0) is 16.1 Å². The number of methoxy groups -OCH3 is 1. The third-order valence-electron chi connectivity index (χ3n) is 4.50. The average molecular weight is 360 g/mol. The zero-order valence-corrected chi connectivity index (χ0v) is 16.9. The number of carbonyl (C=O) groups is 1. The van der Waals surface area contributed by atoms with Crippen LogP contribution >= 0.6 is 0 Å². The maximum atomic E-state index is 13.0. The van der Waals surface area contributed by atoms with Crippen molar-refractivity contribution in [1.29, 1.82) is 0 Å². The fraction of sp³-hybridized carbons (Fsp3) is 0.619. The molecule has 0 aliphatic carbocycles. The highest BCUT2D eigenvalue weighted by Gasteiger charge is 2.42. The van der Waals surface area contributed by atoms with Gasteiger partial charge in [0.25, 0.3) is 0 Å². The zero-order valence-electron chi connectivity index (χ0n) is 16.9. The number of hydrogen-bond donors (Lipinski definition) is 0. The van der Waals surface area contributed by atoms with E-state index in [1.807, 2.05) is 35.2 Å². The maximum absolute atomic E-state index is 13.0. The molecule has 0 aromatic heterocycles. The molecule has 0 fully saturated rings. The minimum absolute atomic E-state index is 0.0231. The summed E-state index contributed by atoms with van der Waals surface area (Å²) in [6, 6.07) is 9.77. The summed E-state index contributed by atoms with van der Waals surface area (Å²) >= 11 is 0. The Morgan fingerprint density at radius 1 is 1.27 bits per heavy atom. The fourth-order valence-corrected chi connectivity index (χ4v) is 3.28. The van der Waals surface area contributed by atoms with E-state index >= 15 is 0 Å². The predicted molar refractivity (Wildman–Crippen MR) is 104 cm³/mol. The molecule has 0 unspecified atom stereocenters. The molecule has 1 aromatic rings. The molecule has 0 saturated heterocycles. The number of ether oxygens (including phenoxy) is 2. The van der Waals surface area contributed by atoms with Crippen LogP contribution in [0.15, 0.2) is 35.3 Å². The van der Waals surface area contributed by atoms with Crippen molar-refractivity contribution < 1.29 is 14.3 Å². The normalized spacial score (nSPS) is 20.7. The number of aliphatic imine (C=N–C) groups is 1. The van der Waals surface area contributed by atoms with E-state index in [9.17, 15) is 4.79 Å². The Balaban J connectivity index is 2.24. The number of hydrogen-bond acceptors (Lipinski definition) is 4. The summed E-state index contributed by atoms with van der Waals surface area (Å²) in [4.78, 5) is 19.5. The summed E-state index contributed by atoms with van der Waals surface area (Å²) in [6.07, 6.45) is 0.897. The number of carbonyl (C=O) groups excluding carboxylic acids is 1. The Bertz CT molecular complexity index is 620. The van der Waals surface area contributed by atoms with E-state index < -0.39 is 0 Å². The molecule has 5 nitrogen and oxygen atoms in total. The standard InChI is InChI=1S/C21H32N2O3/c1-15(2)12-17-13-18(25-6)22-19(21(3,4)5)23(17)20(24)26-14-16-10-8-7-9-11-16/h7-11,15,17,19H,12-14H2,1-6H3/t17-,19-/m0/s1. The van der Waals surface area contributed by atoms with Gasteiger partial charge in [0.15, 0.2) is 5.90 Å². The van der Waals surface area contributed by atoms with Gasteiger partial charge in [-0.2, -0.15) is 0 Å². The van der Waals surface area contributed by atoms with Crippen molar-refractivity contribution in [1.82, 2.24) is 4.90 Å². The van der Waals surface area contributed by atoms with Gasteiger partial charge in [-0.25, -0.2) is 9.79 Å². The summed E-state index contributed by atoms with van der Waals surface area (Å²) in [5, 5.41) is 0. The maximum Gasteiger partial charge on any atom is 0.412 e. The third-order valence-corrected chi connectivity index (χ3v) is 4.50. The van der Waals surface area contributed by atoms with Crippen LogP contribution in [0, 0.1) is 11.3 Å². The van der Waals surface area contributed by atoms with Crippen molar-refractivity contribution in [3.63, 3.8) is 0 Å². The van der Waals surface area contributed by atoms with Crippen molar-refractivity contribution in [2.75, 3.05) is 7.11 Å². The zero-order chi connectivity index (χ0) is 19.3. The number of nitrogens with zero attached hydrogens (tertiary/aromatic N) is 2. The summed E-state index contributed by atoms with van der Waals surface area (Å²) in [5.41, 5.74) is 0.761. The molecule has 1 aliphatic rings. The number of amides is 1. The van der Waals surface area contributed by atoms with E-state index in [4.69, 9.17) is 14.5 Å². The van der Waals surface area contributed by atoms with Gasteiger partial charge in [-0.15, -0.1) is 0 Å². The van der Waals surface area contributed by atoms with Gasteiger partial charge in [0, 0.05) is 17.9 Å². The summed E-state index contributed by atoms with van der Waals surface area (Å²) < 4.78 is 11.1. The molecule has 26 heavy (non-hydrogen) atoms. The Kier molecular flexibility index (Phi) is 6.68. The molecule has 2 atom stereocenters. The van der Waals surface area contributed by atoms with Crippen molar-refractivity contribution in [3.8, 4) is 0 Å². The van der Waals surface area contributed by atoms with Crippen LogP contribution in [0.5, 0.6) is 0 Å². The van der Waals surface area contributed by atoms with Crippen LogP contribution in [-0.4, -0.2) is 36.2 Å². The average Bonchev–Trinajstić information content (AvgIpc) is 2.58. The molecule has 0 bridgehead atoms. The second kappa shape index (κ2) is 8.56. The molecule has 2 rings (SSSR count). The van der Waals surface area contributed by atoms with Gasteiger partial charge in [-0.3, -0.25) is 4.90 Å². The summed E-state index contributed by atoms with van der Waals surface area (Å²) in [7, 11) is 1.65. The van der Waals surface area contributed by atoms with Crippen LogP contribution in [0.25, 0.3) is 0 Å². The molecule has 0 radical (unpaired) electrons. The highest BCUT2D eigenvalue weighted by Crippen LogP contribution is 2.34. The van der Waals surface area contributed by atoms with Gasteiger partial charge in [-0.1, -0.05) is 65.0 Å². The highest BCUT2D eigenvalue weighted by molar-refractivity contribution is 5.80. The van der Waals surface area contributed by atoms with Gasteiger partial charge in [-0.05, 0) is 17.9 Å². The Morgan fingerprint density at radius 3 is 2.46 bits per heavy atom. The number of rotatable bonds is 4. The van der Waals surface area contributed by atoms with Crippen molar-refractivity contribution in [3.05, 3.63) is 35.9 Å². The molecule has 1 aromatic carbocycles. The second-order valence-corrected chi connectivity index (χ2v) is 8.40. The molecular formula is C21H32N2O3. The minimum atomic E-state index is -0.307. The first kappa shape index (κ1) is 20.3. The van der Waals surface area contributed by atoms with E-state index in [0.717, 1.165) is 12.0 Å². The second-order valence-electron chi connectivity index (χ2n) is 8.40. The van der Waals surface area contributed by atoms with E-state index in [0.29, 0.717) is 18.2 Å². The van der Waals surface area contributed by atoms with Crippen molar-refractivity contribution in [2.24, 2.45) is 16.3 Å². The fourth-order valence-electron chi connectivity index (χ4n) is 3.28. The summed E-state index contributed by atoms with van der Waals surface area (Å²) in [6.45, 7) is 10.9. The molecule has 1 amide bonds. The van der Waals surface area contributed by atoms with E-state index in [2.05, 4.69) is 34.6 Å². The quantitative estimate of drug-likeness (QED) is 0.770. The lowest BCUT2D eigenvalue weighted by atomic mass is 9.87. The van der Waals surface area contributed by atoms with Crippen molar-refractivity contribution >= 4 is 12.0 Å². The van der Waals surface area contributed by atoms with Crippen LogP contribution in [0.1, 0.15) is 53.0 Å². The van der Waals surface area contributed by atoms with Crippen LogP contribution in [0.2, 0.25) is 0 Å². The first-order valence-corrected chi connectivity index (χ1v) is 9.32. The molecule has 144 valence electrons. The molecule has 5 heteroatoms. The van der Waals surface area contributed by atoms with Gasteiger partial charge in [0.2, 0.25) is 0 Å². The smallest absolute Gasteiger partial charge is 0.412 e. The lowest BCUT2D eigenvalue weighted by molar-refractivity contribution is 0.0207. The topological polar surface area (TPSA) is 51.1 Å². The molecule has 1 aliphatic heterocycles. The lowest BCUT2D eigenvalue weighted by Gasteiger charge is -2.44. The van der Waals surface area contributed by atoms with Crippen molar-refractivity contribution in [2.45, 2.75) is 66.3 Å². The van der Waals surface area contributed by atoms with E-state index in [1.165, 1.54) is 0 Å². The Hall–Kier alpha value is -2.04. The minimum Gasteiger partial charge on any atom is -0.484 e. The first-order chi connectivity index (χ1) is 12.2. The largest absolute Gasteiger partial charge is 0.484 e. The van der Waals surface area contributed by atoms with Gasteiger partial charge >= 0.3 is 6.09 Å².